The van der Waals surface area contributed by atoms with E-state index in [2.05, 4.69) is 102 Å². The van der Waals surface area contributed by atoms with Crippen LogP contribution in [-0.4, -0.2) is 13.8 Å². The molecule has 5 aromatic rings. The maximum atomic E-state index is 5.87. The molecule has 33 heavy (non-hydrogen) atoms. The molecule has 0 N–H and O–H groups in total. The molecule has 0 saturated carbocycles. The van der Waals surface area contributed by atoms with E-state index in [0.717, 1.165) is 11.3 Å². The molecule has 0 radical (unpaired) electrons. The molecular formula is C28H23BOS3. The van der Waals surface area contributed by atoms with Gasteiger partial charge in [-0.1, -0.05) is 78.4 Å². The molecule has 3 heterocycles. The van der Waals surface area contributed by atoms with E-state index in [9.17, 15) is 0 Å². The van der Waals surface area contributed by atoms with Gasteiger partial charge in [-0.25, -0.2) is 0 Å². The van der Waals surface area contributed by atoms with Gasteiger partial charge in [0.25, 0.3) is 6.71 Å². The summed E-state index contributed by atoms with van der Waals surface area (Å²) in [5.41, 5.74) is 6.12. The molecule has 0 unspecified atom stereocenters. The van der Waals surface area contributed by atoms with E-state index < -0.39 is 0 Å². The maximum Gasteiger partial charge on any atom is 0.268 e. The van der Waals surface area contributed by atoms with Crippen LogP contribution in [-0.2, 0) is 0 Å². The van der Waals surface area contributed by atoms with E-state index in [1.54, 1.807) is 18.4 Å². The van der Waals surface area contributed by atoms with Crippen LogP contribution in [0.4, 0.5) is 0 Å². The highest BCUT2D eigenvalue weighted by Gasteiger charge is 2.32. The lowest BCUT2D eigenvalue weighted by atomic mass is 9.40. The lowest BCUT2D eigenvalue weighted by Gasteiger charge is -2.22. The van der Waals surface area contributed by atoms with Crippen LogP contribution in [0.2, 0.25) is 0 Å². The first-order chi connectivity index (χ1) is 16.3. The summed E-state index contributed by atoms with van der Waals surface area (Å²) in [5.74, 6) is 0.887. The van der Waals surface area contributed by atoms with Crippen LogP contribution in [0, 0.1) is 6.92 Å². The second kappa shape index (κ2) is 9.96. The number of para-hydroxylation sites is 1. The van der Waals surface area contributed by atoms with Crippen molar-refractivity contribution in [3.63, 3.8) is 0 Å². The van der Waals surface area contributed by atoms with Crippen molar-refractivity contribution in [2.24, 2.45) is 0 Å². The number of thiophene rings is 3. The highest BCUT2D eigenvalue weighted by Crippen LogP contribution is 2.40. The van der Waals surface area contributed by atoms with Crippen LogP contribution in [0.3, 0.4) is 0 Å². The van der Waals surface area contributed by atoms with Crippen molar-refractivity contribution in [3.05, 3.63) is 123 Å². The van der Waals surface area contributed by atoms with Gasteiger partial charge in [-0.15, -0.1) is 11.3 Å². The minimum Gasteiger partial charge on any atom is -0.496 e. The predicted octanol–water partition coefficient (Wildman–Crippen LogP) is 7.00. The Morgan fingerprint density at radius 1 is 0.697 bits per heavy atom. The molecule has 0 saturated heterocycles. The van der Waals surface area contributed by atoms with Gasteiger partial charge in [0.1, 0.15) is 5.75 Å². The molecule has 1 nitrogen and oxygen atoms in total. The first-order valence-electron chi connectivity index (χ1n) is 10.8. The number of hydrogen-bond acceptors (Lipinski definition) is 4. The van der Waals surface area contributed by atoms with Crippen molar-refractivity contribution in [1.82, 2.24) is 0 Å². The minimum absolute atomic E-state index is 0.143. The van der Waals surface area contributed by atoms with Gasteiger partial charge in [0.05, 0.1) is 7.11 Å². The molecule has 5 rings (SSSR count). The zero-order chi connectivity index (χ0) is 22.6. The topological polar surface area (TPSA) is 9.23 Å². The number of rotatable bonds is 7. The van der Waals surface area contributed by atoms with Gasteiger partial charge in [0.2, 0.25) is 0 Å². The molecule has 0 amide bonds. The molecular weight excluding hydrogens is 459 g/mol. The molecule has 0 aliphatic heterocycles. The number of hydrogen-bond donors (Lipinski definition) is 0. The Hall–Kier alpha value is -2.86. The lowest BCUT2D eigenvalue weighted by molar-refractivity contribution is 0.413. The van der Waals surface area contributed by atoms with E-state index in [0.29, 0.717) is 0 Å². The van der Waals surface area contributed by atoms with E-state index in [4.69, 9.17) is 4.74 Å². The fraction of sp³-hybridized carbons (Fsp3) is 0.0714. The van der Waals surface area contributed by atoms with E-state index in [1.807, 2.05) is 28.7 Å². The second-order valence-electron chi connectivity index (χ2n) is 7.80. The smallest absolute Gasteiger partial charge is 0.268 e. The van der Waals surface area contributed by atoms with Crippen molar-refractivity contribution >= 4 is 61.3 Å². The Bertz CT molecular complexity index is 1300. The minimum atomic E-state index is 0.143. The third-order valence-corrected chi connectivity index (χ3v) is 8.49. The van der Waals surface area contributed by atoms with Crippen LogP contribution >= 0.6 is 34.0 Å². The molecule has 0 aliphatic carbocycles. The SMILES string of the molecule is COc1ccccc1/C(=C(\B(c1cccs1)c1cccs1)c1cccs1)c1ccc(C)cc1. The summed E-state index contributed by atoms with van der Waals surface area (Å²) in [7, 11) is 1.76. The van der Waals surface area contributed by atoms with E-state index >= 15 is 0 Å². The van der Waals surface area contributed by atoms with Gasteiger partial charge in [0.15, 0.2) is 0 Å². The highest BCUT2D eigenvalue weighted by molar-refractivity contribution is 7.35. The molecule has 162 valence electrons. The summed E-state index contributed by atoms with van der Waals surface area (Å²) in [6.45, 7) is 2.28. The van der Waals surface area contributed by atoms with Gasteiger partial charge < -0.3 is 4.74 Å². The number of methoxy groups -OCH3 is 1. The standard InChI is InChI=1S/C28H23BOS3/c1-20-13-15-21(16-14-20)27(22-8-3-4-9-23(22)30-2)28(24-10-5-17-31-24)29(25-11-6-18-32-25)26-12-7-19-33-26/h3-19H,1-2H3/b28-27-. The Labute approximate surface area is 207 Å². The Morgan fingerprint density at radius 3 is 1.91 bits per heavy atom. The van der Waals surface area contributed by atoms with Crippen molar-refractivity contribution in [2.75, 3.05) is 7.11 Å². The fourth-order valence-corrected chi connectivity index (χ4v) is 6.79. The molecule has 0 fully saturated rings. The van der Waals surface area contributed by atoms with Crippen LogP contribution < -0.4 is 14.3 Å². The molecule has 2 aromatic carbocycles. The lowest BCUT2D eigenvalue weighted by Crippen LogP contribution is -2.40. The summed E-state index contributed by atoms with van der Waals surface area (Å²) in [6.07, 6.45) is 0. The van der Waals surface area contributed by atoms with Gasteiger partial charge in [-0.3, -0.25) is 0 Å². The van der Waals surface area contributed by atoms with Gasteiger partial charge in [-0.2, -0.15) is 22.7 Å². The Balaban J connectivity index is 1.91. The van der Waals surface area contributed by atoms with Crippen molar-refractivity contribution in [3.8, 4) is 5.75 Å². The largest absolute Gasteiger partial charge is 0.496 e. The molecule has 0 bridgehead atoms. The summed E-state index contributed by atoms with van der Waals surface area (Å²) in [4.78, 5) is 1.28. The normalized spacial score (nSPS) is 11.8. The first kappa shape index (κ1) is 22.0. The summed E-state index contributed by atoms with van der Waals surface area (Å²) in [5, 5.41) is 6.53. The molecule has 5 heteroatoms. The zero-order valence-electron chi connectivity index (χ0n) is 18.5. The predicted molar refractivity (Wildman–Crippen MR) is 148 cm³/mol. The Kier molecular flexibility index (Phi) is 6.63. The number of ether oxygens (including phenoxy) is 1. The van der Waals surface area contributed by atoms with Crippen LogP contribution in [0.25, 0.3) is 11.0 Å². The average molecular weight is 483 g/mol. The van der Waals surface area contributed by atoms with Crippen molar-refractivity contribution in [1.29, 1.82) is 0 Å². The maximum absolute atomic E-state index is 5.87. The summed E-state index contributed by atoms with van der Waals surface area (Å²) < 4.78 is 8.57. The van der Waals surface area contributed by atoms with Crippen LogP contribution in [0.1, 0.15) is 21.6 Å². The van der Waals surface area contributed by atoms with Gasteiger partial charge in [0, 0.05) is 10.4 Å². The number of benzene rings is 2. The molecule has 0 atom stereocenters. The molecule has 0 spiro atoms. The quantitative estimate of drug-likeness (QED) is 0.227. The molecule has 0 aliphatic rings. The average Bonchev–Trinajstić information content (AvgIpc) is 3.64. The third-order valence-electron chi connectivity index (χ3n) is 5.72. The first-order valence-corrected chi connectivity index (χ1v) is 13.5. The highest BCUT2D eigenvalue weighted by atomic mass is 32.1. The Morgan fingerprint density at radius 2 is 1.33 bits per heavy atom. The third kappa shape index (κ3) is 4.49. The summed E-state index contributed by atoms with van der Waals surface area (Å²) >= 11 is 5.44. The van der Waals surface area contributed by atoms with E-state index in [1.165, 1.54) is 36.6 Å². The molecule has 3 aromatic heterocycles. The monoisotopic (exact) mass is 482 g/mol. The summed E-state index contributed by atoms with van der Waals surface area (Å²) in [6, 6.07) is 30.5. The van der Waals surface area contributed by atoms with Crippen LogP contribution in [0.5, 0.6) is 5.75 Å². The van der Waals surface area contributed by atoms with Crippen molar-refractivity contribution < 1.29 is 4.74 Å². The van der Waals surface area contributed by atoms with E-state index in [-0.39, 0.29) is 6.71 Å². The second-order valence-corrected chi connectivity index (χ2v) is 10.7. The van der Waals surface area contributed by atoms with Gasteiger partial charge >= 0.3 is 0 Å². The number of aryl methyl sites for hydroxylation is 1. The fourth-order valence-electron chi connectivity index (χ4n) is 4.20. The van der Waals surface area contributed by atoms with Crippen LogP contribution in [0.15, 0.2) is 101 Å². The van der Waals surface area contributed by atoms with Crippen molar-refractivity contribution in [2.45, 2.75) is 6.92 Å². The van der Waals surface area contributed by atoms with Gasteiger partial charge in [-0.05, 0) is 61.4 Å². The zero-order valence-corrected chi connectivity index (χ0v) is 21.0.